The Balaban J connectivity index is 2.19. The van der Waals surface area contributed by atoms with Crippen LogP contribution in [0.25, 0.3) is 5.69 Å². The summed E-state index contributed by atoms with van der Waals surface area (Å²) in [5.74, 6) is 0. The van der Waals surface area contributed by atoms with Gasteiger partial charge in [-0.15, -0.1) is 0 Å². The zero-order chi connectivity index (χ0) is 13.6. The number of benzene rings is 1. The van der Waals surface area contributed by atoms with E-state index in [-0.39, 0.29) is 6.04 Å². The molecule has 3 rings (SSSR count). The Morgan fingerprint density at radius 3 is 2.58 bits per heavy atom. The van der Waals surface area contributed by atoms with Gasteiger partial charge in [0.1, 0.15) is 0 Å². The normalized spacial score (nSPS) is 18.4. The number of hydrogen-bond acceptors (Lipinski definition) is 2. The molecule has 0 saturated carbocycles. The lowest BCUT2D eigenvalue weighted by Gasteiger charge is -2.21. The van der Waals surface area contributed by atoms with E-state index in [2.05, 4.69) is 42.7 Å². The highest BCUT2D eigenvalue weighted by molar-refractivity contribution is 5.50. The first-order chi connectivity index (χ1) is 9.08. The van der Waals surface area contributed by atoms with Crippen LogP contribution in [0.3, 0.4) is 0 Å². The van der Waals surface area contributed by atoms with Gasteiger partial charge in [0, 0.05) is 17.3 Å². The van der Waals surface area contributed by atoms with Crippen LogP contribution >= 0.6 is 0 Å². The molecule has 0 radical (unpaired) electrons. The van der Waals surface area contributed by atoms with Crippen LogP contribution in [0, 0.1) is 20.8 Å². The first-order valence-corrected chi connectivity index (χ1v) is 6.98. The molecule has 100 valence electrons. The molecule has 3 nitrogen and oxygen atoms in total. The predicted octanol–water partition coefficient (Wildman–Crippen LogP) is 3.13. The van der Waals surface area contributed by atoms with Crippen molar-refractivity contribution in [1.29, 1.82) is 0 Å². The lowest BCUT2D eigenvalue weighted by molar-refractivity contribution is 0.557. The molecule has 0 amide bonds. The van der Waals surface area contributed by atoms with Crippen LogP contribution in [0.4, 0.5) is 0 Å². The van der Waals surface area contributed by atoms with E-state index in [9.17, 15) is 0 Å². The molecule has 0 bridgehead atoms. The Kier molecular flexibility index (Phi) is 2.94. The van der Waals surface area contributed by atoms with E-state index in [0.717, 1.165) is 19.3 Å². The quantitative estimate of drug-likeness (QED) is 0.850. The van der Waals surface area contributed by atoms with E-state index in [1.807, 2.05) is 6.20 Å². The number of hydrogen-bond donors (Lipinski definition) is 1. The molecule has 1 aromatic carbocycles. The monoisotopic (exact) mass is 255 g/mol. The van der Waals surface area contributed by atoms with Crippen LogP contribution in [0.2, 0.25) is 0 Å². The Hall–Kier alpha value is -1.61. The van der Waals surface area contributed by atoms with Crippen LogP contribution in [0.5, 0.6) is 0 Å². The van der Waals surface area contributed by atoms with Crippen molar-refractivity contribution in [2.75, 3.05) is 0 Å². The zero-order valence-corrected chi connectivity index (χ0v) is 11.9. The number of aromatic nitrogens is 2. The molecule has 2 N–H and O–H groups in total. The third-order valence-corrected chi connectivity index (χ3v) is 4.08. The van der Waals surface area contributed by atoms with Crippen LogP contribution in [-0.2, 0) is 6.42 Å². The molecular formula is C16H21N3. The second-order valence-corrected chi connectivity index (χ2v) is 5.70. The van der Waals surface area contributed by atoms with E-state index in [4.69, 9.17) is 5.73 Å². The van der Waals surface area contributed by atoms with Gasteiger partial charge in [-0.1, -0.05) is 17.7 Å². The van der Waals surface area contributed by atoms with Crippen LogP contribution < -0.4 is 5.73 Å². The largest absolute Gasteiger partial charge is 0.324 e. The molecular weight excluding hydrogens is 234 g/mol. The third-order valence-electron chi connectivity index (χ3n) is 4.08. The Morgan fingerprint density at radius 1 is 1.21 bits per heavy atom. The Bertz CT molecular complexity index is 602. The summed E-state index contributed by atoms with van der Waals surface area (Å²) < 4.78 is 2.11. The van der Waals surface area contributed by atoms with Crippen LogP contribution in [-0.4, -0.2) is 9.78 Å². The van der Waals surface area contributed by atoms with Crippen molar-refractivity contribution in [1.82, 2.24) is 9.78 Å². The van der Waals surface area contributed by atoms with Gasteiger partial charge in [-0.25, -0.2) is 4.68 Å². The second-order valence-electron chi connectivity index (χ2n) is 5.70. The van der Waals surface area contributed by atoms with Crippen molar-refractivity contribution in [3.8, 4) is 5.69 Å². The second kappa shape index (κ2) is 4.49. The minimum atomic E-state index is 0.156. The van der Waals surface area contributed by atoms with Crippen LogP contribution in [0.15, 0.2) is 18.3 Å². The van der Waals surface area contributed by atoms with E-state index in [1.165, 1.54) is 33.6 Å². The SMILES string of the molecule is Cc1cc(C)c(-n2ncc3c2CCCC3N)c(C)c1. The number of aryl methyl sites for hydroxylation is 3. The molecule has 3 heteroatoms. The highest BCUT2D eigenvalue weighted by Gasteiger charge is 2.23. The molecule has 0 saturated heterocycles. The predicted molar refractivity (Wildman–Crippen MR) is 77.6 cm³/mol. The van der Waals surface area contributed by atoms with Crippen molar-refractivity contribution in [3.05, 3.63) is 46.3 Å². The minimum Gasteiger partial charge on any atom is -0.324 e. The number of rotatable bonds is 1. The maximum atomic E-state index is 6.18. The number of nitrogens with two attached hydrogens (primary N) is 1. The summed E-state index contributed by atoms with van der Waals surface area (Å²) in [7, 11) is 0. The smallest absolute Gasteiger partial charge is 0.0707 e. The number of nitrogens with zero attached hydrogens (tertiary/aromatic N) is 2. The molecule has 1 aliphatic rings. The molecule has 2 aromatic rings. The number of fused-ring (bicyclic) bond motifs is 1. The van der Waals surface area contributed by atoms with Crippen molar-refractivity contribution in [2.45, 2.75) is 46.1 Å². The average Bonchev–Trinajstić information content (AvgIpc) is 2.73. The summed E-state index contributed by atoms with van der Waals surface area (Å²) in [6, 6.07) is 4.60. The van der Waals surface area contributed by atoms with Crippen molar-refractivity contribution < 1.29 is 0 Å². The molecule has 0 aliphatic heterocycles. The fraction of sp³-hybridized carbons (Fsp3) is 0.438. The third kappa shape index (κ3) is 1.98. The molecule has 1 aromatic heterocycles. The van der Waals surface area contributed by atoms with Gasteiger partial charge in [-0.3, -0.25) is 0 Å². The Labute approximate surface area is 114 Å². The minimum absolute atomic E-state index is 0.156. The molecule has 1 aliphatic carbocycles. The molecule has 19 heavy (non-hydrogen) atoms. The fourth-order valence-corrected chi connectivity index (χ4v) is 3.29. The highest BCUT2D eigenvalue weighted by atomic mass is 15.3. The first-order valence-electron chi connectivity index (χ1n) is 6.98. The lowest BCUT2D eigenvalue weighted by Crippen LogP contribution is -2.18. The lowest BCUT2D eigenvalue weighted by atomic mass is 9.93. The van der Waals surface area contributed by atoms with E-state index in [1.54, 1.807) is 0 Å². The summed E-state index contributed by atoms with van der Waals surface area (Å²) >= 11 is 0. The molecule has 0 spiro atoms. The molecule has 1 heterocycles. The van der Waals surface area contributed by atoms with Gasteiger partial charge in [0.2, 0.25) is 0 Å². The average molecular weight is 255 g/mol. The van der Waals surface area contributed by atoms with Gasteiger partial charge in [-0.2, -0.15) is 5.10 Å². The maximum absolute atomic E-state index is 6.18. The summed E-state index contributed by atoms with van der Waals surface area (Å²) in [6.07, 6.45) is 5.27. The van der Waals surface area contributed by atoms with Crippen molar-refractivity contribution >= 4 is 0 Å². The highest BCUT2D eigenvalue weighted by Crippen LogP contribution is 2.31. The van der Waals surface area contributed by atoms with E-state index >= 15 is 0 Å². The summed E-state index contributed by atoms with van der Waals surface area (Å²) in [4.78, 5) is 0. The van der Waals surface area contributed by atoms with Gasteiger partial charge in [0.15, 0.2) is 0 Å². The maximum Gasteiger partial charge on any atom is 0.0707 e. The van der Waals surface area contributed by atoms with Gasteiger partial charge >= 0.3 is 0 Å². The standard InChI is InChI=1S/C16H21N3/c1-10-7-11(2)16(12(3)8-10)19-15-6-4-5-14(17)13(15)9-18-19/h7-9,14H,4-6,17H2,1-3H3. The Morgan fingerprint density at radius 2 is 1.89 bits per heavy atom. The van der Waals surface area contributed by atoms with Gasteiger partial charge in [0.25, 0.3) is 0 Å². The van der Waals surface area contributed by atoms with Crippen molar-refractivity contribution in [3.63, 3.8) is 0 Å². The summed E-state index contributed by atoms with van der Waals surface area (Å²) in [5, 5.41) is 4.61. The van der Waals surface area contributed by atoms with Gasteiger partial charge < -0.3 is 5.73 Å². The molecule has 0 fully saturated rings. The zero-order valence-electron chi connectivity index (χ0n) is 11.9. The van der Waals surface area contributed by atoms with Crippen molar-refractivity contribution in [2.24, 2.45) is 5.73 Å². The van der Waals surface area contributed by atoms with Crippen LogP contribution in [0.1, 0.15) is 46.8 Å². The fourth-order valence-electron chi connectivity index (χ4n) is 3.29. The molecule has 1 unspecified atom stereocenters. The first kappa shape index (κ1) is 12.4. The van der Waals surface area contributed by atoms with E-state index < -0.39 is 0 Å². The summed E-state index contributed by atoms with van der Waals surface area (Å²) in [5.41, 5.74) is 13.8. The summed E-state index contributed by atoms with van der Waals surface area (Å²) in [6.45, 7) is 6.45. The topological polar surface area (TPSA) is 43.8 Å². The molecule has 1 atom stereocenters. The van der Waals surface area contributed by atoms with Gasteiger partial charge in [0.05, 0.1) is 11.9 Å². The van der Waals surface area contributed by atoms with E-state index in [0.29, 0.717) is 0 Å². The van der Waals surface area contributed by atoms with Gasteiger partial charge in [-0.05, 0) is 51.2 Å².